The van der Waals surface area contributed by atoms with E-state index in [1.807, 2.05) is 13.8 Å². The third kappa shape index (κ3) is 4.20. The van der Waals surface area contributed by atoms with Gasteiger partial charge in [0.1, 0.15) is 0 Å². The van der Waals surface area contributed by atoms with Crippen LogP contribution in [0.15, 0.2) is 0 Å². The number of carboxylic acid groups (broad SMARTS) is 1. The van der Waals surface area contributed by atoms with Crippen LogP contribution in [0.5, 0.6) is 0 Å². The van der Waals surface area contributed by atoms with Crippen LogP contribution in [0, 0.1) is 11.3 Å². The van der Waals surface area contributed by atoms with Gasteiger partial charge in [0.2, 0.25) is 0 Å². The highest BCUT2D eigenvalue weighted by atomic mass is 32.2. The van der Waals surface area contributed by atoms with E-state index < -0.39 is 21.2 Å². The zero-order chi connectivity index (χ0) is 11.7. The van der Waals surface area contributed by atoms with Gasteiger partial charge in [-0.1, -0.05) is 13.8 Å². The molecule has 1 N–H and O–H groups in total. The van der Waals surface area contributed by atoms with Gasteiger partial charge < -0.3 is 5.11 Å². The highest BCUT2D eigenvalue weighted by molar-refractivity contribution is 7.91. The molecule has 1 rings (SSSR count). The van der Waals surface area contributed by atoms with Crippen LogP contribution in [-0.2, 0) is 14.6 Å². The molecular weight excluding hydrogens is 216 g/mol. The molecule has 0 radical (unpaired) electrons. The molecule has 1 fully saturated rings. The van der Waals surface area contributed by atoms with Crippen molar-refractivity contribution in [3.8, 4) is 0 Å². The van der Waals surface area contributed by atoms with E-state index in [2.05, 4.69) is 0 Å². The summed E-state index contributed by atoms with van der Waals surface area (Å²) >= 11 is 0. The third-order valence-corrected chi connectivity index (χ3v) is 4.82. The van der Waals surface area contributed by atoms with E-state index in [0.717, 1.165) is 12.8 Å². The SMILES string of the molecule is CC(C)CS(=O)(=O)CC1(CC(=O)O)CC1. The van der Waals surface area contributed by atoms with E-state index in [1.54, 1.807) is 0 Å². The van der Waals surface area contributed by atoms with Crippen molar-refractivity contribution in [2.24, 2.45) is 11.3 Å². The van der Waals surface area contributed by atoms with Gasteiger partial charge in [0, 0.05) is 0 Å². The Bertz CT molecular complexity index is 338. The molecule has 1 aliphatic carbocycles. The van der Waals surface area contributed by atoms with Gasteiger partial charge in [0.05, 0.1) is 17.9 Å². The van der Waals surface area contributed by atoms with Crippen molar-refractivity contribution in [1.29, 1.82) is 0 Å². The van der Waals surface area contributed by atoms with E-state index in [-0.39, 0.29) is 23.8 Å². The van der Waals surface area contributed by atoms with Crippen LogP contribution in [0.2, 0.25) is 0 Å². The van der Waals surface area contributed by atoms with Crippen LogP contribution in [0.4, 0.5) is 0 Å². The van der Waals surface area contributed by atoms with Gasteiger partial charge >= 0.3 is 5.97 Å². The van der Waals surface area contributed by atoms with Gasteiger partial charge in [0.15, 0.2) is 9.84 Å². The maximum Gasteiger partial charge on any atom is 0.303 e. The molecule has 0 amide bonds. The minimum atomic E-state index is -3.08. The molecule has 0 spiro atoms. The summed E-state index contributed by atoms with van der Waals surface area (Å²) in [5.74, 6) is -0.582. The fourth-order valence-electron chi connectivity index (χ4n) is 1.90. The predicted molar refractivity (Wildman–Crippen MR) is 57.4 cm³/mol. The number of carboxylic acids is 1. The molecule has 0 heterocycles. The summed E-state index contributed by atoms with van der Waals surface area (Å²) < 4.78 is 23.4. The van der Waals surface area contributed by atoms with E-state index in [1.165, 1.54) is 0 Å². The van der Waals surface area contributed by atoms with Crippen LogP contribution in [-0.4, -0.2) is 31.0 Å². The fourth-order valence-corrected chi connectivity index (χ4v) is 4.36. The number of sulfone groups is 1. The largest absolute Gasteiger partial charge is 0.481 e. The number of rotatable bonds is 6. The molecule has 1 saturated carbocycles. The minimum absolute atomic E-state index is 0.00960. The number of hydrogen-bond acceptors (Lipinski definition) is 3. The molecule has 0 aromatic carbocycles. The van der Waals surface area contributed by atoms with Crippen LogP contribution < -0.4 is 0 Å². The molecule has 88 valence electrons. The molecule has 1 aliphatic rings. The van der Waals surface area contributed by atoms with Crippen molar-refractivity contribution in [1.82, 2.24) is 0 Å². The number of hydrogen-bond donors (Lipinski definition) is 1. The summed E-state index contributed by atoms with van der Waals surface area (Å²) in [7, 11) is -3.08. The van der Waals surface area contributed by atoms with Crippen molar-refractivity contribution < 1.29 is 18.3 Å². The van der Waals surface area contributed by atoms with Gasteiger partial charge in [-0.05, 0) is 24.2 Å². The van der Waals surface area contributed by atoms with Crippen molar-refractivity contribution in [3.63, 3.8) is 0 Å². The van der Waals surface area contributed by atoms with Crippen LogP contribution >= 0.6 is 0 Å². The first-order valence-electron chi connectivity index (χ1n) is 5.17. The first-order valence-corrected chi connectivity index (χ1v) is 6.99. The molecule has 0 bridgehead atoms. The first kappa shape index (κ1) is 12.5. The van der Waals surface area contributed by atoms with Gasteiger partial charge in [0.25, 0.3) is 0 Å². The summed E-state index contributed by atoms with van der Waals surface area (Å²) in [4.78, 5) is 10.6. The van der Waals surface area contributed by atoms with Gasteiger partial charge in [-0.3, -0.25) is 4.79 Å². The maximum absolute atomic E-state index is 11.7. The Kier molecular flexibility index (Phi) is 3.43. The van der Waals surface area contributed by atoms with Crippen molar-refractivity contribution >= 4 is 15.8 Å². The minimum Gasteiger partial charge on any atom is -0.481 e. The molecule has 15 heavy (non-hydrogen) atoms. The summed E-state index contributed by atoms with van der Waals surface area (Å²) in [5.41, 5.74) is -0.445. The average molecular weight is 234 g/mol. The van der Waals surface area contributed by atoms with E-state index in [9.17, 15) is 13.2 Å². The molecule has 0 atom stereocenters. The van der Waals surface area contributed by atoms with E-state index >= 15 is 0 Å². The Morgan fingerprint density at radius 1 is 1.40 bits per heavy atom. The van der Waals surface area contributed by atoms with Crippen LogP contribution in [0.25, 0.3) is 0 Å². The molecular formula is C10H18O4S. The second-order valence-corrected chi connectivity index (χ2v) is 7.13. The molecule has 0 aliphatic heterocycles. The standard InChI is InChI=1S/C10H18O4S/c1-8(2)6-15(13,14)7-10(3-4-10)5-9(11)12/h8H,3-7H2,1-2H3,(H,11,12). The zero-order valence-corrected chi connectivity index (χ0v) is 10.0. The number of carbonyl (C=O) groups is 1. The lowest BCUT2D eigenvalue weighted by Crippen LogP contribution is -2.24. The second-order valence-electron chi connectivity index (χ2n) is 5.02. The van der Waals surface area contributed by atoms with Crippen LogP contribution in [0.3, 0.4) is 0 Å². The average Bonchev–Trinajstić information content (AvgIpc) is 2.61. The first-order chi connectivity index (χ1) is 6.75. The Morgan fingerprint density at radius 2 is 1.93 bits per heavy atom. The van der Waals surface area contributed by atoms with E-state index in [4.69, 9.17) is 5.11 Å². The Hall–Kier alpha value is -0.580. The lowest BCUT2D eigenvalue weighted by Gasteiger charge is -2.13. The zero-order valence-electron chi connectivity index (χ0n) is 9.19. The van der Waals surface area contributed by atoms with Gasteiger partial charge in [-0.2, -0.15) is 0 Å². The van der Waals surface area contributed by atoms with Crippen molar-refractivity contribution in [3.05, 3.63) is 0 Å². The fraction of sp³-hybridized carbons (Fsp3) is 0.900. The van der Waals surface area contributed by atoms with E-state index in [0.29, 0.717) is 0 Å². The second kappa shape index (κ2) is 4.12. The predicted octanol–water partition coefficient (Wildman–Crippen LogP) is 1.31. The molecule has 0 aromatic heterocycles. The topological polar surface area (TPSA) is 71.4 Å². The highest BCUT2D eigenvalue weighted by Crippen LogP contribution is 2.49. The summed E-state index contributed by atoms with van der Waals surface area (Å²) in [6, 6.07) is 0. The normalized spacial score (nSPS) is 19.1. The quantitative estimate of drug-likeness (QED) is 0.752. The molecule has 0 aromatic rings. The van der Waals surface area contributed by atoms with Crippen LogP contribution in [0.1, 0.15) is 33.1 Å². The molecule has 0 saturated heterocycles. The summed E-state index contributed by atoms with van der Waals surface area (Å²) in [5, 5.41) is 8.67. The summed E-state index contributed by atoms with van der Waals surface area (Å²) in [6.45, 7) is 3.71. The lowest BCUT2D eigenvalue weighted by atomic mass is 10.1. The summed E-state index contributed by atoms with van der Waals surface area (Å²) in [6.07, 6.45) is 1.46. The monoisotopic (exact) mass is 234 g/mol. The Balaban J connectivity index is 2.57. The third-order valence-electron chi connectivity index (χ3n) is 2.60. The van der Waals surface area contributed by atoms with Gasteiger partial charge in [-0.15, -0.1) is 0 Å². The highest BCUT2D eigenvalue weighted by Gasteiger charge is 2.47. The van der Waals surface area contributed by atoms with Crippen molar-refractivity contribution in [2.75, 3.05) is 11.5 Å². The van der Waals surface area contributed by atoms with Crippen molar-refractivity contribution in [2.45, 2.75) is 33.1 Å². The molecule has 5 heteroatoms. The smallest absolute Gasteiger partial charge is 0.303 e. The maximum atomic E-state index is 11.7. The number of aliphatic carboxylic acids is 1. The Labute approximate surface area is 90.6 Å². The van der Waals surface area contributed by atoms with Gasteiger partial charge in [-0.25, -0.2) is 8.42 Å². The Morgan fingerprint density at radius 3 is 2.27 bits per heavy atom. The lowest BCUT2D eigenvalue weighted by molar-refractivity contribution is -0.138. The molecule has 4 nitrogen and oxygen atoms in total. The molecule has 0 unspecified atom stereocenters.